The normalized spacial score (nSPS) is 18.9. The van der Waals surface area contributed by atoms with Gasteiger partial charge in [-0.1, -0.05) is 0 Å². The van der Waals surface area contributed by atoms with Crippen LogP contribution in [0, 0.1) is 5.92 Å². The second-order valence-corrected chi connectivity index (χ2v) is 5.69. The lowest BCUT2D eigenvalue weighted by molar-refractivity contribution is 0.176. The van der Waals surface area contributed by atoms with Gasteiger partial charge < -0.3 is 10.5 Å². The van der Waals surface area contributed by atoms with E-state index in [1.54, 1.807) is 0 Å². The van der Waals surface area contributed by atoms with Crippen LogP contribution in [-0.4, -0.2) is 45.6 Å². The maximum atomic E-state index is 11.7. The van der Waals surface area contributed by atoms with E-state index in [-0.39, 0.29) is 0 Å². The fraction of sp³-hybridized carbons (Fsp3) is 0.889. The third-order valence-electron chi connectivity index (χ3n) is 2.89. The van der Waals surface area contributed by atoms with Crippen LogP contribution >= 0.6 is 0 Å². The Labute approximate surface area is 101 Å². The van der Waals surface area contributed by atoms with Gasteiger partial charge >= 0.3 is 16.3 Å². The van der Waals surface area contributed by atoms with Gasteiger partial charge in [-0.25, -0.2) is 9.52 Å². The predicted octanol–water partition coefficient (Wildman–Crippen LogP) is -0.352. The molecular weight excluding hydrogens is 246 g/mol. The van der Waals surface area contributed by atoms with Gasteiger partial charge in [-0.3, -0.25) is 0 Å². The van der Waals surface area contributed by atoms with Crippen LogP contribution in [0.25, 0.3) is 0 Å². The van der Waals surface area contributed by atoms with Crippen molar-refractivity contribution < 1.29 is 17.9 Å². The zero-order valence-electron chi connectivity index (χ0n) is 9.89. The van der Waals surface area contributed by atoms with E-state index >= 15 is 0 Å². The van der Waals surface area contributed by atoms with Crippen LogP contribution in [0.3, 0.4) is 0 Å². The molecule has 1 heterocycles. The van der Waals surface area contributed by atoms with Crippen LogP contribution in [0.4, 0.5) is 4.79 Å². The van der Waals surface area contributed by atoms with Crippen molar-refractivity contribution in [2.24, 2.45) is 11.7 Å². The van der Waals surface area contributed by atoms with Crippen molar-refractivity contribution in [3.63, 3.8) is 0 Å². The molecule has 1 aliphatic heterocycles. The van der Waals surface area contributed by atoms with Gasteiger partial charge in [0.25, 0.3) is 0 Å². The fourth-order valence-electron chi connectivity index (χ4n) is 1.89. The number of amides is 1. The highest BCUT2D eigenvalue weighted by molar-refractivity contribution is 7.87. The average Bonchev–Trinajstić information content (AvgIpc) is 2.29. The SMILES string of the molecule is COC(=O)NS(=O)(=O)N1CCC(CCN)CC1. The Morgan fingerprint density at radius 3 is 2.53 bits per heavy atom. The lowest BCUT2D eigenvalue weighted by Crippen LogP contribution is -2.47. The number of rotatable bonds is 4. The molecule has 0 atom stereocenters. The summed E-state index contributed by atoms with van der Waals surface area (Å²) in [6, 6.07) is 0. The summed E-state index contributed by atoms with van der Waals surface area (Å²) in [6.45, 7) is 1.45. The molecule has 8 heteroatoms. The maximum Gasteiger partial charge on any atom is 0.421 e. The van der Waals surface area contributed by atoms with E-state index in [1.165, 1.54) is 4.31 Å². The molecule has 0 bridgehead atoms. The molecule has 0 unspecified atom stereocenters. The van der Waals surface area contributed by atoms with Crippen molar-refractivity contribution in [2.75, 3.05) is 26.7 Å². The number of hydrogen-bond acceptors (Lipinski definition) is 5. The van der Waals surface area contributed by atoms with Gasteiger partial charge in [0.2, 0.25) is 0 Å². The van der Waals surface area contributed by atoms with E-state index in [2.05, 4.69) is 4.74 Å². The van der Waals surface area contributed by atoms with Gasteiger partial charge in [0.15, 0.2) is 0 Å². The first-order valence-corrected chi connectivity index (χ1v) is 6.99. The molecule has 1 saturated heterocycles. The first-order chi connectivity index (χ1) is 7.99. The van der Waals surface area contributed by atoms with Gasteiger partial charge in [0.05, 0.1) is 7.11 Å². The Morgan fingerprint density at radius 1 is 1.47 bits per heavy atom. The predicted molar refractivity (Wildman–Crippen MR) is 62.4 cm³/mol. The number of nitrogens with two attached hydrogens (primary N) is 1. The van der Waals surface area contributed by atoms with Crippen LogP contribution in [0.2, 0.25) is 0 Å². The second-order valence-electron chi connectivity index (χ2n) is 4.02. The minimum Gasteiger partial charge on any atom is -0.452 e. The largest absolute Gasteiger partial charge is 0.452 e. The van der Waals surface area contributed by atoms with E-state index < -0.39 is 16.3 Å². The Morgan fingerprint density at radius 2 is 2.06 bits per heavy atom. The fourth-order valence-corrected chi connectivity index (χ4v) is 3.00. The molecular formula is C9H19N3O4S. The lowest BCUT2D eigenvalue weighted by Gasteiger charge is -2.30. The van der Waals surface area contributed by atoms with Crippen molar-refractivity contribution >= 4 is 16.3 Å². The number of piperidine rings is 1. The van der Waals surface area contributed by atoms with Gasteiger partial charge in [-0.05, 0) is 31.7 Å². The monoisotopic (exact) mass is 265 g/mol. The highest BCUT2D eigenvalue weighted by Gasteiger charge is 2.29. The second kappa shape index (κ2) is 6.18. The van der Waals surface area contributed by atoms with Crippen molar-refractivity contribution in [3.8, 4) is 0 Å². The van der Waals surface area contributed by atoms with E-state index in [1.807, 2.05) is 4.72 Å². The molecule has 7 nitrogen and oxygen atoms in total. The first kappa shape index (κ1) is 14.2. The summed E-state index contributed by atoms with van der Waals surface area (Å²) in [7, 11) is -2.63. The number of nitrogens with zero attached hydrogens (tertiary/aromatic N) is 1. The van der Waals surface area contributed by atoms with Gasteiger partial charge in [-0.15, -0.1) is 0 Å². The zero-order chi connectivity index (χ0) is 12.9. The molecule has 1 aliphatic rings. The summed E-state index contributed by atoms with van der Waals surface area (Å²) in [5.41, 5.74) is 5.46. The van der Waals surface area contributed by atoms with Gasteiger partial charge in [0.1, 0.15) is 0 Å². The van der Waals surface area contributed by atoms with Crippen LogP contribution in [0.1, 0.15) is 19.3 Å². The minimum atomic E-state index is -3.76. The Kier molecular flexibility index (Phi) is 5.16. The molecule has 0 aromatic heterocycles. The quantitative estimate of drug-likeness (QED) is 0.723. The number of carbonyl (C=O) groups excluding carboxylic acids is 1. The summed E-state index contributed by atoms with van der Waals surface area (Å²) in [5, 5.41) is 0. The molecule has 100 valence electrons. The summed E-state index contributed by atoms with van der Waals surface area (Å²) in [4.78, 5) is 10.9. The maximum absolute atomic E-state index is 11.7. The van der Waals surface area contributed by atoms with E-state index in [0.29, 0.717) is 25.6 Å². The van der Waals surface area contributed by atoms with Gasteiger partial charge in [0, 0.05) is 13.1 Å². The van der Waals surface area contributed by atoms with E-state index in [4.69, 9.17) is 5.73 Å². The molecule has 0 aliphatic carbocycles. The van der Waals surface area contributed by atoms with Crippen molar-refractivity contribution in [1.29, 1.82) is 0 Å². The molecule has 1 amide bonds. The molecule has 3 N–H and O–H groups in total. The van der Waals surface area contributed by atoms with E-state index in [0.717, 1.165) is 26.4 Å². The summed E-state index contributed by atoms with van der Waals surface area (Å²) < 4.78 is 30.8. The number of ether oxygens (including phenoxy) is 1. The minimum absolute atomic E-state index is 0.414. The molecule has 0 aromatic carbocycles. The Balaban J connectivity index is 2.50. The number of carbonyl (C=O) groups is 1. The molecule has 0 aromatic rings. The van der Waals surface area contributed by atoms with Crippen LogP contribution in [0.15, 0.2) is 0 Å². The average molecular weight is 265 g/mol. The number of nitrogens with one attached hydrogen (secondary N) is 1. The van der Waals surface area contributed by atoms with Crippen molar-refractivity contribution in [3.05, 3.63) is 0 Å². The first-order valence-electron chi connectivity index (χ1n) is 5.55. The Bertz CT molecular complexity index is 349. The number of methoxy groups -OCH3 is 1. The highest BCUT2D eigenvalue weighted by atomic mass is 32.2. The third kappa shape index (κ3) is 4.14. The summed E-state index contributed by atoms with van der Waals surface area (Å²) in [6.07, 6.45) is 1.51. The topological polar surface area (TPSA) is 102 Å². The number of hydrogen-bond donors (Lipinski definition) is 2. The molecule has 17 heavy (non-hydrogen) atoms. The molecule has 0 spiro atoms. The smallest absolute Gasteiger partial charge is 0.421 e. The van der Waals surface area contributed by atoms with Crippen molar-refractivity contribution in [1.82, 2.24) is 9.03 Å². The molecule has 0 saturated carbocycles. The zero-order valence-corrected chi connectivity index (χ0v) is 10.7. The van der Waals surface area contributed by atoms with Crippen LogP contribution in [-0.2, 0) is 14.9 Å². The van der Waals surface area contributed by atoms with Crippen LogP contribution in [0.5, 0.6) is 0 Å². The molecule has 0 radical (unpaired) electrons. The molecule has 1 fully saturated rings. The van der Waals surface area contributed by atoms with Crippen molar-refractivity contribution in [2.45, 2.75) is 19.3 Å². The third-order valence-corrected chi connectivity index (χ3v) is 4.36. The Hall–Kier alpha value is -0.860. The highest BCUT2D eigenvalue weighted by Crippen LogP contribution is 2.21. The van der Waals surface area contributed by atoms with Gasteiger partial charge in [-0.2, -0.15) is 12.7 Å². The van der Waals surface area contributed by atoms with E-state index in [9.17, 15) is 13.2 Å². The van der Waals surface area contributed by atoms with Crippen LogP contribution < -0.4 is 10.5 Å². The lowest BCUT2D eigenvalue weighted by atomic mass is 9.95. The summed E-state index contributed by atoms with van der Waals surface area (Å²) in [5.74, 6) is 0.476. The standard InChI is InChI=1S/C9H19N3O4S/c1-16-9(13)11-17(14,15)12-6-3-8(2-5-10)4-7-12/h8H,2-7,10H2,1H3,(H,11,13). The summed E-state index contributed by atoms with van der Waals surface area (Å²) >= 11 is 0. The molecule has 1 rings (SSSR count).